The van der Waals surface area contributed by atoms with Crippen LogP contribution in [0.2, 0.25) is 0 Å². The Balaban J connectivity index is 1.03. The molecule has 3 aliphatic heterocycles. The number of carbonyl (C=O) groups excluding carboxylic acids is 2. The number of ether oxygens (including phenoxy) is 5. The predicted octanol–water partition coefficient (Wildman–Crippen LogP) is 5.90. The van der Waals surface area contributed by atoms with Crippen LogP contribution in [0.3, 0.4) is 0 Å². The standard InChI is InChI=1S/C30H50O7/c1-3-13-23-25(35-23)15-9-5-7-11-17-33-29(31)21-19-27-28(37-27)20-22(21)30(32)34-18-12-8-6-10-16-26-24(36-26)14-4-2/h21-28H,3-20H2,1-2H3. The summed E-state index contributed by atoms with van der Waals surface area (Å²) in [6.45, 7) is 5.25. The Morgan fingerprint density at radius 2 is 0.973 bits per heavy atom. The predicted molar refractivity (Wildman–Crippen MR) is 140 cm³/mol. The fourth-order valence-electron chi connectivity index (χ4n) is 6.05. The van der Waals surface area contributed by atoms with Crippen molar-refractivity contribution in [1.29, 1.82) is 0 Å². The van der Waals surface area contributed by atoms with E-state index in [9.17, 15) is 9.59 Å². The molecule has 8 atom stereocenters. The lowest BCUT2D eigenvalue weighted by Crippen LogP contribution is -2.37. The molecule has 0 aromatic rings. The van der Waals surface area contributed by atoms with Crippen LogP contribution < -0.4 is 0 Å². The molecular formula is C30H50O7. The zero-order valence-electron chi connectivity index (χ0n) is 23.2. The molecule has 0 radical (unpaired) electrons. The largest absolute Gasteiger partial charge is 0.465 e. The van der Waals surface area contributed by atoms with Crippen molar-refractivity contribution in [2.75, 3.05) is 13.2 Å². The summed E-state index contributed by atoms with van der Waals surface area (Å²) in [5.41, 5.74) is 0. The van der Waals surface area contributed by atoms with Gasteiger partial charge in [-0.3, -0.25) is 9.59 Å². The molecule has 7 heteroatoms. The van der Waals surface area contributed by atoms with Gasteiger partial charge in [-0.1, -0.05) is 65.2 Å². The Kier molecular flexibility index (Phi) is 11.6. The minimum Gasteiger partial charge on any atom is -0.465 e. The van der Waals surface area contributed by atoms with E-state index in [-0.39, 0.29) is 24.1 Å². The van der Waals surface area contributed by atoms with E-state index in [1.165, 1.54) is 38.5 Å². The average molecular weight is 523 g/mol. The van der Waals surface area contributed by atoms with Crippen molar-refractivity contribution in [3.05, 3.63) is 0 Å². The molecule has 3 heterocycles. The van der Waals surface area contributed by atoms with Gasteiger partial charge in [-0.2, -0.15) is 0 Å². The van der Waals surface area contributed by atoms with Gasteiger partial charge >= 0.3 is 11.9 Å². The fraction of sp³-hybridized carbons (Fsp3) is 0.933. The topological polar surface area (TPSA) is 90.2 Å². The molecule has 4 aliphatic rings. The molecule has 0 aromatic carbocycles. The van der Waals surface area contributed by atoms with Crippen LogP contribution in [0.5, 0.6) is 0 Å². The number of hydrogen-bond acceptors (Lipinski definition) is 7. The third kappa shape index (κ3) is 9.50. The van der Waals surface area contributed by atoms with Crippen LogP contribution in [0.15, 0.2) is 0 Å². The number of fused-ring (bicyclic) bond motifs is 1. The van der Waals surface area contributed by atoms with Gasteiger partial charge in [0.2, 0.25) is 0 Å². The summed E-state index contributed by atoms with van der Waals surface area (Å²) in [5, 5.41) is 0. The first-order valence-corrected chi connectivity index (χ1v) is 15.4. The quantitative estimate of drug-likeness (QED) is 0.112. The SMILES string of the molecule is CCCC1OC1CCCCCCOC(=O)C1CC2OC2CC1C(=O)OCCCCCCC1OC1CCC. The highest BCUT2D eigenvalue weighted by atomic mass is 16.6. The lowest BCUT2D eigenvalue weighted by Gasteiger charge is -2.26. The molecule has 8 unspecified atom stereocenters. The minimum atomic E-state index is -0.437. The molecule has 0 amide bonds. The van der Waals surface area contributed by atoms with E-state index in [1.54, 1.807) is 0 Å². The monoisotopic (exact) mass is 522 g/mol. The van der Waals surface area contributed by atoms with E-state index in [2.05, 4.69) is 13.8 Å². The Labute approximate surface area is 223 Å². The van der Waals surface area contributed by atoms with Crippen molar-refractivity contribution in [3.8, 4) is 0 Å². The highest BCUT2D eigenvalue weighted by molar-refractivity contribution is 5.82. The van der Waals surface area contributed by atoms with Gasteiger partial charge in [-0.05, 0) is 51.4 Å². The van der Waals surface area contributed by atoms with Crippen LogP contribution in [0.4, 0.5) is 0 Å². The number of hydrogen-bond donors (Lipinski definition) is 0. The highest BCUT2D eigenvalue weighted by Gasteiger charge is 2.53. The maximum absolute atomic E-state index is 12.8. The summed E-state index contributed by atoms with van der Waals surface area (Å²) in [6, 6.07) is 0. The number of rotatable bonds is 20. The molecule has 4 rings (SSSR count). The molecule has 0 spiro atoms. The highest BCUT2D eigenvalue weighted by Crippen LogP contribution is 2.44. The van der Waals surface area contributed by atoms with Gasteiger partial charge in [0.05, 0.1) is 61.7 Å². The van der Waals surface area contributed by atoms with Crippen molar-refractivity contribution < 1.29 is 33.3 Å². The maximum atomic E-state index is 12.8. The van der Waals surface area contributed by atoms with E-state index < -0.39 is 11.8 Å². The Morgan fingerprint density at radius 1 is 0.568 bits per heavy atom. The number of carbonyl (C=O) groups is 2. The third-order valence-corrected chi connectivity index (χ3v) is 8.53. The van der Waals surface area contributed by atoms with Crippen LogP contribution in [0, 0.1) is 11.8 Å². The average Bonchev–Trinajstić information content (AvgIpc) is 3.79. The summed E-state index contributed by atoms with van der Waals surface area (Å²) < 4.78 is 28.2. The Bertz CT molecular complexity index is 654. The van der Waals surface area contributed by atoms with Gasteiger partial charge in [0.1, 0.15) is 0 Å². The first-order chi connectivity index (χ1) is 18.1. The summed E-state index contributed by atoms with van der Waals surface area (Å²) in [6.07, 6.45) is 18.8. The molecule has 0 bridgehead atoms. The second-order valence-corrected chi connectivity index (χ2v) is 11.6. The lowest BCUT2D eigenvalue weighted by atomic mass is 9.79. The Hall–Kier alpha value is -1.18. The van der Waals surface area contributed by atoms with Crippen molar-refractivity contribution in [2.24, 2.45) is 11.8 Å². The molecule has 1 aliphatic carbocycles. The molecule has 7 nitrogen and oxygen atoms in total. The van der Waals surface area contributed by atoms with Gasteiger partial charge < -0.3 is 23.7 Å². The summed E-state index contributed by atoms with van der Waals surface area (Å²) in [4.78, 5) is 25.6. The van der Waals surface area contributed by atoms with Crippen LogP contribution in [0.25, 0.3) is 0 Å². The maximum Gasteiger partial charge on any atom is 0.309 e. The summed E-state index contributed by atoms with van der Waals surface area (Å²) in [7, 11) is 0. The van der Waals surface area contributed by atoms with Crippen molar-refractivity contribution in [2.45, 2.75) is 153 Å². The van der Waals surface area contributed by atoms with Gasteiger partial charge in [-0.25, -0.2) is 0 Å². The van der Waals surface area contributed by atoms with E-state index in [1.807, 2.05) is 0 Å². The first kappa shape index (κ1) is 28.8. The van der Waals surface area contributed by atoms with Crippen LogP contribution in [-0.2, 0) is 33.3 Å². The van der Waals surface area contributed by atoms with Crippen LogP contribution in [-0.4, -0.2) is 61.8 Å². The zero-order chi connectivity index (χ0) is 26.0. The molecular weight excluding hydrogens is 472 g/mol. The first-order valence-electron chi connectivity index (χ1n) is 15.4. The van der Waals surface area contributed by atoms with Crippen LogP contribution >= 0.6 is 0 Å². The summed E-state index contributed by atoms with van der Waals surface area (Å²) >= 11 is 0. The van der Waals surface area contributed by atoms with E-state index in [0.717, 1.165) is 51.4 Å². The van der Waals surface area contributed by atoms with Crippen molar-refractivity contribution in [3.63, 3.8) is 0 Å². The number of unbranched alkanes of at least 4 members (excludes halogenated alkanes) is 6. The summed E-state index contributed by atoms with van der Waals surface area (Å²) in [5.74, 6) is -1.39. The molecule has 4 fully saturated rings. The third-order valence-electron chi connectivity index (χ3n) is 8.53. The van der Waals surface area contributed by atoms with Gasteiger partial charge in [0, 0.05) is 0 Å². The van der Waals surface area contributed by atoms with Crippen molar-refractivity contribution in [1.82, 2.24) is 0 Å². The normalized spacial score (nSPS) is 33.5. The number of esters is 2. The second kappa shape index (κ2) is 14.8. The lowest BCUT2D eigenvalue weighted by molar-refractivity contribution is -0.162. The molecule has 212 valence electrons. The molecule has 0 N–H and O–H groups in total. The van der Waals surface area contributed by atoms with Gasteiger partial charge in [0.25, 0.3) is 0 Å². The zero-order valence-corrected chi connectivity index (χ0v) is 23.2. The minimum absolute atomic E-state index is 0.107. The van der Waals surface area contributed by atoms with Gasteiger partial charge in [-0.15, -0.1) is 0 Å². The van der Waals surface area contributed by atoms with Crippen molar-refractivity contribution >= 4 is 11.9 Å². The van der Waals surface area contributed by atoms with E-state index in [0.29, 0.717) is 50.5 Å². The van der Waals surface area contributed by atoms with E-state index >= 15 is 0 Å². The van der Waals surface area contributed by atoms with E-state index in [4.69, 9.17) is 23.7 Å². The second-order valence-electron chi connectivity index (χ2n) is 11.6. The number of epoxide rings is 3. The Morgan fingerprint density at radius 3 is 1.41 bits per heavy atom. The molecule has 0 aromatic heterocycles. The fourth-order valence-corrected chi connectivity index (χ4v) is 6.05. The molecule has 1 saturated carbocycles. The van der Waals surface area contributed by atoms with Gasteiger partial charge in [0.15, 0.2) is 0 Å². The van der Waals surface area contributed by atoms with Crippen LogP contribution in [0.1, 0.15) is 117 Å². The molecule has 3 saturated heterocycles. The molecule has 37 heavy (non-hydrogen) atoms. The smallest absolute Gasteiger partial charge is 0.309 e.